The van der Waals surface area contributed by atoms with Gasteiger partial charge in [0.05, 0.1) is 18.7 Å². The molecule has 22 heavy (non-hydrogen) atoms. The van der Waals surface area contributed by atoms with E-state index in [-0.39, 0.29) is 36.5 Å². The van der Waals surface area contributed by atoms with Gasteiger partial charge >= 0.3 is 6.03 Å². The normalized spacial score (nSPS) is 27.6. The molecule has 2 amide bonds. The van der Waals surface area contributed by atoms with Crippen LogP contribution in [-0.2, 0) is 6.42 Å². The summed E-state index contributed by atoms with van der Waals surface area (Å²) >= 11 is 0. The molecule has 4 nitrogen and oxygen atoms in total. The van der Waals surface area contributed by atoms with Gasteiger partial charge in [-0.2, -0.15) is 0 Å². The zero-order valence-corrected chi connectivity index (χ0v) is 12.9. The minimum Gasteiger partial charge on any atom is -0.394 e. The molecule has 120 valence electrons. The molecule has 0 saturated carbocycles. The van der Waals surface area contributed by atoms with Gasteiger partial charge in [-0.1, -0.05) is 19.1 Å². The van der Waals surface area contributed by atoms with Crippen molar-refractivity contribution in [2.24, 2.45) is 5.92 Å². The second-order valence-corrected chi connectivity index (χ2v) is 6.42. The van der Waals surface area contributed by atoms with Crippen LogP contribution >= 0.6 is 0 Å². The lowest BCUT2D eigenvalue weighted by Crippen LogP contribution is -2.47. The second kappa shape index (κ2) is 6.24. The van der Waals surface area contributed by atoms with Crippen molar-refractivity contribution in [1.82, 2.24) is 10.2 Å². The van der Waals surface area contributed by atoms with Crippen LogP contribution in [0.3, 0.4) is 0 Å². The lowest BCUT2D eigenvalue weighted by Gasteiger charge is -2.34. The maximum atomic E-state index is 14.0. The number of rotatable bonds is 2. The number of hydrogen-bond acceptors (Lipinski definition) is 2. The molecule has 2 unspecified atom stereocenters. The van der Waals surface area contributed by atoms with Gasteiger partial charge in [0, 0.05) is 6.54 Å². The van der Waals surface area contributed by atoms with Crippen molar-refractivity contribution in [3.63, 3.8) is 0 Å². The molecule has 0 spiro atoms. The predicted molar refractivity (Wildman–Crippen MR) is 82.0 cm³/mol. The fourth-order valence-corrected chi connectivity index (χ4v) is 3.70. The summed E-state index contributed by atoms with van der Waals surface area (Å²) in [4.78, 5) is 14.2. The summed E-state index contributed by atoms with van der Waals surface area (Å²) in [7, 11) is 0. The van der Waals surface area contributed by atoms with Crippen LogP contribution in [-0.4, -0.2) is 35.2 Å². The molecule has 1 aromatic rings. The highest BCUT2D eigenvalue weighted by atomic mass is 19.1. The van der Waals surface area contributed by atoms with Crippen LogP contribution < -0.4 is 5.32 Å². The Morgan fingerprint density at radius 1 is 1.45 bits per heavy atom. The average Bonchev–Trinajstić information content (AvgIpc) is 2.99. The monoisotopic (exact) mass is 306 g/mol. The number of nitrogens with zero attached hydrogens (tertiary/aromatic N) is 1. The summed E-state index contributed by atoms with van der Waals surface area (Å²) in [5.41, 5.74) is 1.62. The number of aliphatic hydroxyl groups is 1. The molecular weight excluding hydrogens is 283 g/mol. The van der Waals surface area contributed by atoms with Crippen LogP contribution in [0, 0.1) is 11.7 Å². The van der Waals surface area contributed by atoms with E-state index in [0.717, 1.165) is 36.8 Å². The van der Waals surface area contributed by atoms with E-state index in [1.165, 1.54) is 6.07 Å². The molecule has 2 aliphatic rings. The van der Waals surface area contributed by atoms with Crippen molar-refractivity contribution in [2.45, 2.75) is 44.7 Å². The van der Waals surface area contributed by atoms with Crippen molar-refractivity contribution in [3.05, 3.63) is 35.1 Å². The molecule has 1 saturated heterocycles. The van der Waals surface area contributed by atoms with Gasteiger partial charge in [0.15, 0.2) is 0 Å². The summed E-state index contributed by atoms with van der Waals surface area (Å²) in [5, 5.41) is 12.4. The Morgan fingerprint density at radius 3 is 3.05 bits per heavy atom. The molecule has 3 rings (SSSR count). The molecule has 1 aliphatic carbocycles. The summed E-state index contributed by atoms with van der Waals surface area (Å²) < 4.78 is 14.0. The van der Waals surface area contributed by atoms with Crippen LogP contribution in [0.5, 0.6) is 0 Å². The van der Waals surface area contributed by atoms with Gasteiger partial charge in [0.1, 0.15) is 5.82 Å². The van der Waals surface area contributed by atoms with Gasteiger partial charge in [-0.25, -0.2) is 9.18 Å². The van der Waals surface area contributed by atoms with E-state index in [4.69, 9.17) is 0 Å². The smallest absolute Gasteiger partial charge is 0.318 e. The molecule has 3 atom stereocenters. The van der Waals surface area contributed by atoms with Crippen LogP contribution in [0.4, 0.5) is 9.18 Å². The Kier molecular flexibility index (Phi) is 4.34. The lowest BCUT2D eigenvalue weighted by atomic mass is 9.80. The van der Waals surface area contributed by atoms with Crippen molar-refractivity contribution in [1.29, 1.82) is 0 Å². The number of aliphatic hydroxyl groups excluding tert-OH is 1. The predicted octanol–water partition coefficient (Wildman–Crippen LogP) is 2.62. The van der Waals surface area contributed by atoms with Gasteiger partial charge in [0.2, 0.25) is 0 Å². The first-order valence-corrected chi connectivity index (χ1v) is 8.07. The number of urea groups is 1. The van der Waals surface area contributed by atoms with E-state index in [0.29, 0.717) is 6.54 Å². The molecule has 0 aromatic heterocycles. The minimum absolute atomic E-state index is 0.00114. The highest BCUT2D eigenvalue weighted by Gasteiger charge is 2.33. The van der Waals surface area contributed by atoms with Gasteiger partial charge in [0.25, 0.3) is 0 Å². The molecular formula is C17H23FN2O2. The maximum Gasteiger partial charge on any atom is 0.318 e. The lowest BCUT2D eigenvalue weighted by molar-refractivity contribution is 0.151. The third-order valence-corrected chi connectivity index (χ3v) is 5.04. The third-order valence-electron chi connectivity index (χ3n) is 5.04. The fraction of sp³-hybridized carbons (Fsp3) is 0.588. The topological polar surface area (TPSA) is 52.6 Å². The molecule has 1 fully saturated rings. The molecule has 2 N–H and O–H groups in total. The Balaban J connectivity index is 1.80. The zero-order chi connectivity index (χ0) is 15.7. The van der Waals surface area contributed by atoms with E-state index in [1.54, 1.807) is 11.0 Å². The first kappa shape index (κ1) is 15.3. The Bertz CT molecular complexity index is 564. The molecule has 5 heteroatoms. The standard InChI is InChI=1S/C17H23FN2O2/c1-11-7-8-13-14(5-2-6-15(13)18)16(11)19-17(22)20-9-3-4-12(20)10-21/h2,5-6,11-12,16,21H,3-4,7-10H2,1H3,(H,19,22)/t11?,12-,16?/m0/s1. The highest BCUT2D eigenvalue weighted by molar-refractivity contribution is 5.75. The van der Waals surface area contributed by atoms with Crippen LogP contribution in [0.1, 0.15) is 43.4 Å². The van der Waals surface area contributed by atoms with Crippen molar-refractivity contribution in [3.8, 4) is 0 Å². The largest absolute Gasteiger partial charge is 0.394 e. The summed E-state index contributed by atoms with van der Waals surface area (Å²) in [6.45, 7) is 2.76. The summed E-state index contributed by atoms with van der Waals surface area (Å²) in [6, 6.07) is 4.70. The number of carbonyl (C=O) groups is 1. The Hall–Kier alpha value is -1.62. The molecule has 1 heterocycles. The number of hydrogen-bond donors (Lipinski definition) is 2. The first-order chi connectivity index (χ1) is 10.6. The Morgan fingerprint density at radius 2 is 2.27 bits per heavy atom. The molecule has 1 aliphatic heterocycles. The number of amides is 2. The molecule has 1 aromatic carbocycles. The van der Waals surface area contributed by atoms with Crippen LogP contribution in [0.25, 0.3) is 0 Å². The van der Waals surface area contributed by atoms with Crippen molar-refractivity contribution < 1.29 is 14.3 Å². The second-order valence-electron chi connectivity index (χ2n) is 6.42. The van der Waals surface area contributed by atoms with Gasteiger partial charge in [-0.15, -0.1) is 0 Å². The average molecular weight is 306 g/mol. The van der Waals surface area contributed by atoms with Crippen LogP contribution in [0.2, 0.25) is 0 Å². The number of halogens is 1. The van der Waals surface area contributed by atoms with E-state index in [1.807, 2.05) is 6.07 Å². The number of benzene rings is 1. The van der Waals surface area contributed by atoms with Crippen LogP contribution in [0.15, 0.2) is 18.2 Å². The Labute approximate surface area is 130 Å². The number of fused-ring (bicyclic) bond motifs is 1. The first-order valence-electron chi connectivity index (χ1n) is 8.07. The highest BCUT2D eigenvalue weighted by Crippen LogP contribution is 2.35. The quantitative estimate of drug-likeness (QED) is 0.882. The molecule has 0 radical (unpaired) electrons. The summed E-state index contributed by atoms with van der Waals surface area (Å²) in [5.74, 6) is 0.0893. The van der Waals surface area contributed by atoms with E-state index < -0.39 is 0 Å². The maximum absolute atomic E-state index is 14.0. The van der Waals surface area contributed by atoms with Crippen molar-refractivity contribution in [2.75, 3.05) is 13.2 Å². The van der Waals surface area contributed by atoms with Crippen molar-refractivity contribution >= 4 is 6.03 Å². The molecule has 0 bridgehead atoms. The number of carbonyl (C=O) groups excluding carboxylic acids is 1. The van der Waals surface area contributed by atoms with E-state index in [2.05, 4.69) is 12.2 Å². The minimum atomic E-state index is -0.182. The zero-order valence-electron chi connectivity index (χ0n) is 12.9. The van der Waals surface area contributed by atoms with E-state index in [9.17, 15) is 14.3 Å². The third kappa shape index (κ3) is 2.70. The SMILES string of the molecule is CC1CCc2c(F)cccc2C1NC(=O)N1CCC[C@H]1CO. The fourth-order valence-electron chi connectivity index (χ4n) is 3.70. The van der Waals surface area contributed by atoms with Gasteiger partial charge in [-0.3, -0.25) is 0 Å². The summed E-state index contributed by atoms with van der Waals surface area (Å²) in [6.07, 6.45) is 3.35. The number of likely N-dealkylation sites (tertiary alicyclic amines) is 1. The van der Waals surface area contributed by atoms with Gasteiger partial charge < -0.3 is 15.3 Å². The van der Waals surface area contributed by atoms with E-state index >= 15 is 0 Å². The van der Waals surface area contributed by atoms with Gasteiger partial charge in [-0.05, 0) is 48.8 Å². The number of nitrogens with one attached hydrogen (secondary N) is 1.